The molecule has 0 radical (unpaired) electrons. The van der Waals surface area contributed by atoms with Gasteiger partial charge in [0.25, 0.3) is 11.8 Å². The predicted molar refractivity (Wildman–Crippen MR) is 135 cm³/mol. The Balaban J connectivity index is 1.45. The molecule has 0 fully saturated rings. The molecule has 3 aromatic carbocycles. The number of amides is 2. The van der Waals surface area contributed by atoms with E-state index in [0.717, 1.165) is 16.7 Å². The number of hydrogen-bond donors (Lipinski definition) is 3. The number of benzene rings is 3. The Labute approximate surface area is 204 Å². The average molecular weight is 469 g/mol. The molecule has 0 aliphatic rings. The van der Waals surface area contributed by atoms with E-state index in [0.29, 0.717) is 23.4 Å². The van der Waals surface area contributed by atoms with Gasteiger partial charge in [-0.2, -0.15) is 5.10 Å². The Hall–Kier alpha value is -4.39. The topological polar surface area (TPSA) is 96.2 Å². The molecule has 0 aliphatic heterocycles. The van der Waals surface area contributed by atoms with E-state index in [1.54, 1.807) is 23.0 Å². The van der Waals surface area contributed by atoms with Crippen molar-refractivity contribution < 1.29 is 14.7 Å². The molecule has 0 bridgehead atoms. The quantitative estimate of drug-likeness (QED) is 0.340. The molecule has 0 unspecified atom stereocenters. The molecule has 0 saturated carbocycles. The van der Waals surface area contributed by atoms with E-state index in [-0.39, 0.29) is 30.7 Å². The van der Waals surface area contributed by atoms with Crippen molar-refractivity contribution in [3.8, 4) is 17.0 Å². The van der Waals surface area contributed by atoms with Gasteiger partial charge in [0.1, 0.15) is 11.4 Å². The largest absolute Gasteiger partial charge is 0.508 e. The van der Waals surface area contributed by atoms with Gasteiger partial charge in [0.05, 0.1) is 12.1 Å². The summed E-state index contributed by atoms with van der Waals surface area (Å²) >= 11 is 0. The summed E-state index contributed by atoms with van der Waals surface area (Å²) in [7, 11) is 0. The molecule has 35 heavy (non-hydrogen) atoms. The number of aromatic nitrogens is 2. The van der Waals surface area contributed by atoms with Crippen LogP contribution in [0.3, 0.4) is 0 Å². The summed E-state index contributed by atoms with van der Waals surface area (Å²) in [5.41, 5.74) is 5.80. The molecule has 2 amide bonds. The Bertz CT molecular complexity index is 1310. The third-order valence-electron chi connectivity index (χ3n) is 5.62. The summed E-state index contributed by atoms with van der Waals surface area (Å²) in [6.07, 6.45) is 1.76. The van der Waals surface area contributed by atoms with Gasteiger partial charge in [-0.1, -0.05) is 59.7 Å². The minimum atomic E-state index is -0.273. The van der Waals surface area contributed by atoms with Crippen molar-refractivity contribution in [3.63, 3.8) is 0 Å². The molecular weight excluding hydrogens is 440 g/mol. The molecular formula is C28H28N4O3. The monoisotopic (exact) mass is 468 g/mol. The molecule has 178 valence electrons. The molecule has 4 rings (SSSR count). The summed E-state index contributed by atoms with van der Waals surface area (Å²) < 4.78 is 1.78. The second-order valence-corrected chi connectivity index (χ2v) is 8.50. The normalized spacial score (nSPS) is 10.7. The van der Waals surface area contributed by atoms with E-state index in [9.17, 15) is 14.7 Å². The number of hydrogen-bond acceptors (Lipinski definition) is 4. The highest BCUT2D eigenvalue weighted by Gasteiger charge is 2.18. The molecule has 0 aliphatic carbocycles. The molecule has 4 aromatic rings. The molecule has 7 heteroatoms. The Kier molecular flexibility index (Phi) is 7.26. The van der Waals surface area contributed by atoms with Crippen LogP contribution in [0.5, 0.6) is 5.75 Å². The van der Waals surface area contributed by atoms with Crippen molar-refractivity contribution in [1.29, 1.82) is 0 Å². The lowest BCUT2D eigenvalue weighted by Crippen LogP contribution is -2.34. The Morgan fingerprint density at radius 1 is 0.800 bits per heavy atom. The standard InChI is InChI=1S/C28H28N4O3/c1-19-3-7-21(8-4-19)17-32-18-25(26(31-32)22-9-5-20(2)6-10-22)28(35)30-16-15-29-27(34)23-11-13-24(33)14-12-23/h3-14,18,33H,15-17H2,1-2H3,(H,29,34)(H,30,35). The highest BCUT2D eigenvalue weighted by molar-refractivity contribution is 6.00. The number of nitrogens with zero attached hydrogens (tertiary/aromatic N) is 2. The maximum atomic E-state index is 13.1. The van der Waals surface area contributed by atoms with Gasteiger partial charge in [0.15, 0.2) is 0 Å². The van der Waals surface area contributed by atoms with Crippen molar-refractivity contribution in [3.05, 3.63) is 107 Å². The summed E-state index contributed by atoms with van der Waals surface area (Å²) in [6.45, 7) is 5.14. The van der Waals surface area contributed by atoms with Gasteiger partial charge in [-0.15, -0.1) is 0 Å². The zero-order valence-electron chi connectivity index (χ0n) is 19.8. The lowest BCUT2D eigenvalue weighted by atomic mass is 10.1. The van der Waals surface area contributed by atoms with Gasteiger partial charge in [-0.3, -0.25) is 14.3 Å². The SMILES string of the molecule is Cc1ccc(Cn2cc(C(=O)NCCNC(=O)c3ccc(O)cc3)c(-c3ccc(C)cc3)n2)cc1. The number of carbonyl (C=O) groups excluding carboxylic acids is 2. The van der Waals surface area contributed by atoms with Crippen LogP contribution in [0.2, 0.25) is 0 Å². The van der Waals surface area contributed by atoms with E-state index in [2.05, 4.69) is 34.9 Å². The van der Waals surface area contributed by atoms with Gasteiger partial charge in [0.2, 0.25) is 0 Å². The molecule has 1 heterocycles. The number of nitrogens with one attached hydrogen (secondary N) is 2. The van der Waals surface area contributed by atoms with Crippen LogP contribution in [0.4, 0.5) is 0 Å². The number of aromatic hydroxyl groups is 1. The van der Waals surface area contributed by atoms with E-state index < -0.39 is 0 Å². The van der Waals surface area contributed by atoms with Crippen LogP contribution in [0.25, 0.3) is 11.3 Å². The van der Waals surface area contributed by atoms with E-state index in [4.69, 9.17) is 5.10 Å². The maximum absolute atomic E-state index is 13.1. The van der Waals surface area contributed by atoms with E-state index >= 15 is 0 Å². The molecule has 1 aromatic heterocycles. The molecule has 0 atom stereocenters. The zero-order valence-corrected chi connectivity index (χ0v) is 19.8. The van der Waals surface area contributed by atoms with Gasteiger partial charge in [-0.25, -0.2) is 0 Å². The third-order valence-corrected chi connectivity index (χ3v) is 5.62. The Morgan fingerprint density at radius 2 is 1.37 bits per heavy atom. The minimum absolute atomic E-state index is 0.0983. The third kappa shape index (κ3) is 6.14. The predicted octanol–water partition coefficient (Wildman–Crippen LogP) is 4.08. The smallest absolute Gasteiger partial charge is 0.255 e. The van der Waals surface area contributed by atoms with Crippen LogP contribution >= 0.6 is 0 Å². The Morgan fingerprint density at radius 3 is 2.00 bits per heavy atom. The van der Waals surface area contributed by atoms with Crippen molar-refractivity contribution in [1.82, 2.24) is 20.4 Å². The number of rotatable bonds is 8. The number of carbonyl (C=O) groups is 2. The zero-order chi connectivity index (χ0) is 24.8. The van der Waals surface area contributed by atoms with E-state index in [1.807, 2.05) is 38.1 Å². The first-order chi connectivity index (χ1) is 16.9. The second-order valence-electron chi connectivity index (χ2n) is 8.50. The fraction of sp³-hybridized carbons (Fsp3) is 0.179. The number of aryl methyl sites for hydroxylation is 2. The summed E-state index contributed by atoms with van der Waals surface area (Å²) in [5, 5.41) is 19.7. The van der Waals surface area contributed by atoms with Crippen LogP contribution in [0.15, 0.2) is 79.0 Å². The van der Waals surface area contributed by atoms with Crippen LogP contribution in [0.1, 0.15) is 37.4 Å². The first kappa shape index (κ1) is 23.8. The number of phenols is 1. The molecule has 0 saturated heterocycles. The van der Waals surface area contributed by atoms with Crippen molar-refractivity contribution in [2.75, 3.05) is 13.1 Å². The fourth-order valence-corrected chi connectivity index (χ4v) is 3.64. The van der Waals surface area contributed by atoms with Gasteiger partial charge in [0, 0.05) is 30.4 Å². The second kappa shape index (κ2) is 10.7. The van der Waals surface area contributed by atoms with Crippen molar-refractivity contribution >= 4 is 11.8 Å². The highest BCUT2D eigenvalue weighted by Crippen LogP contribution is 2.23. The minimum Gasteiger partial charge on any atom is -0.508 e. The van der Waals surface area contributed by atoms with Gasteiger partial charge in [-0.05, 0) is 43.7 Å². The lowest BCUT2D eigenvalue weighted by molar-refractivity contribution is 0.0928. The summed E-state index contributed by atoms with van der Waals surface area (Å²) in [4.78, 5) is 25.3. The first-order valence-corrected chi connectivity index (χ1v) is 11.4. The van der Waals surface area contributed by atoms with Crippen LogP contribution in [-0.2, 0) is 6.54 Å². The average Bonchev–Trinajstić information content (AvgIpc) is 3.28. The van der Waals surface area contributed by atoms with Crippen molar-refractivity contribution in [2.24, 2.45) is 0 Å². The summed E-state index contributed by atoms with van der Waals surface area (Å²) in [6, 6.07) is 22.1. The van der Waals surface area contributed by atoms with Crippen molar-refractivity contribution in [2.45, 2.75) is 20.4 Å². The lowest BCUT2D eigenvalue weighted by Gasteiger charge is -2.08. The van der Waals surface area contributed by atoms with Crippen LogP contribution in [-0.4, -0.2) is 39.8 Å². The molecule has 7 nitrogen and oxygen atoms in total. The van der Waals surface area contributed by atoms with Gasteiger partial charge >= 0.3 is 0 Å². The van der Waals surface area contributed by atoms with Crippen LogP contribution < -0.4 is 10.6 Å². The highest BCUT2D eigenvalue weighted by atomic mass is 16.3. The van der Waals surface area contributed by atoms with E-state index in [1.165, 1.54) is 17.7 Å². The van der Waals surface area contributed by atoms with Gasteiger partial charge < -0.3 is 15.7 Å². The maximum Gasteiger partial charge on any atom is 0.255 e. The summed E-state index contributed by atoms with van der Waals surface area (Å²) in [5.74, 6) is -0.429. The fourth-order valence-electron chi connectivity index (χ4n) is 3.64. The molecule has 3 N–H and O–H groups in total. The van der Waals surface area contributed by atoms with Crippen LogP contribution in [0, 0.1) is 13.8 Å². The first-order valence-electron chi connectivity index (χ1n) is 11.4. The number of phenolic OH excluding ortho intramolecular Hbond substituents is 1. The molecule has 0 spiro atoms.